The quantitative estimate of drug-likeness (QED) is 0.0326. The number of carbonyl (C=O) groups excluding carboxylic acids is 2. The van der Waals surface area contributed by atoms with Crippen LogP contribution in [0.5, 0.6) is 0 Å². The molecule has 0 saturated carbocycles. The van der Waals surface area contributed by atoms with Gasteiger partial charge in [-0.15, -0.1) is 0 Å². The van der Waals surface area contributed by atoms with E-state index in [9.17, 15) is 19.8 Å². The van der Waals surface area contributed by atoms with Gasteiger partial charge in [-0.05, 0) is 57.8 Å². The van der Waals surface area contributed by atoms with Gasteiger partial charge in [-0.1, -0.05) is 204 Å². The fourth-order valence-corrected chi connectivity index (χ4v) is 6.96. The summed E-state index contributed by atoms with van der Waals surface area (Å²) in [6, 6.07) is -0.645. The summed E-state index contributed by atoms with van der Waals surface area (Å²) in [5, 5.41) is 23.0. The molecule has 0 aliphatic heterocycles. The van der Waals surface area contributed by atoms with Crippen molar-refractivity contribution in [2.45, 2.75) is 251 Å². The van der Waals surface area contributed by atoms with Crippen LogP contribution in [0.25, 0.3) is 0 Å². The van der Waals surface area contributed by atoms with Gasteiger partial charge < -0.3 is 20.3 Å². The lowest BCUT2D eigenvalue weighted by Gasteiger charge is -2.20. The third-order valence-electron chi connectivity index (χ3n) is 10.6. The Morgan fingerprint density at radius 2 is 0.945 bits per heavy atom. The third-order valence-corrected chi connectivity index (χ3v) is 10.6. The minimum atomic E-state index is -0.859. The normalized spacial score (nSPS) is 13.0. The number of unbranched alkanes of at least 4 members (excludes halogenated alkanes) is 28. The highest BCUT2D eigenvalue weighted by Gasteiger charge is 2.18. The molecular formula is C49H91NO5. The molecule has 0 aromatic rings. The van der Waals surface area contributed by atoms with E-state index in [1.165, 1.54) is 141 Å². The van der Waals surface area contributed by atoms with Crippen LogP contribution in [-0.2, 0) is 14.3 Å². The van der Waals surface area contributed by atoms with E-state index in [1.54, 1.807) is 6.08 Å². The number of nitrogens with one attached hydrogen (secondary N) is 1. The number of hydrogen-bond donors (Lipinski definition) is 3. The molecule has 0 spiro atoms. The van der Waals surface area contributed by atoms with Crippen molar-refractivity contribution in [1.82, 2.24) is 5.32 Å². The van der Waals surface area contributed by atoms with Crippen LogP contribution in [-0.4, -0.2) is 47.4 Å². The zero-order chi connectivity index (χ0) is 40.1. The predicted octanol–water partition coefficient (Wildman–Crippen LogP) is 13.7. The number of aliphatic hydroxyl groups is 2. The molecule has 1 amide bonds. The first-order valence-electron chi connectivity index (χ1n) is 23.8. The summed E-state index contributed by atoms with van der Waals surface area (Å²) >= 11 is 0. The molecule has 0 aromatic heterocycles. The maximum absolute atomic E-state index is 12.4. The molecule has 0 fully saturated rings. The highest BCUT2D eigenvalue weighted by molar-refractivity contribution is 5.76. The molecule has 0 bridgehead atoms. The van der Waals surface area contributed by atoms with Crippen molar-refractivity contribution in [3.05, 3.63) is 36.5 Å². The van der Waals surface area contributed by atoms with Crippen LogP contribution in [0.3, 0.4) is 0 Å². The Labute approximate surface area is 341 Å². The maximum Gasteiger partial charge on any atom is 0.305 e. The van der Waals surface area contributed by atoms with Crippen LogP contribution in [0, 0.1) is 0 Å². The molecule has 2 atom stereocenters. The Kier molecular flexibility index (Phi) is 43.2. The number of aliphatic hydroxyl groups excluding tert-OH is 2. The lowest BCUT2D eigenvalue weighted by atomic mass is 10.0. The third kappa shape index (κ3) is 41.5. The minimum absolute atomic E-state index is 0.0370. The number of amides is 1. The summed E-state index contributed by atoms with van der Waals surface area (Å²) in [6.45, 7) is 4.77. The number of hydrogen-bond acceptors (Lipinski definition) is 5. The van der Waals surface area contributed by atoms with E-state index in [-0.39, 0.29) is 18.5 Å². The molecule has 6 heteroatoms. The average molecular weight is 774 g/mol. The van der Waals surface area contributed by atoms with Crippen LogP contribution < -0.4 is 5.32 Å². The molecule has 3 N–H and O–H groups in total. The van der Waals surface area contributed by atoms with Crippen molar-refractivity contribution in [2.75, 3.05) is 13.2 Å². The minimum Gasteiger partial charge on any atom is -0.466 e. The van der Waals surface area contributed by atoms with E-state index in [2.05, 4.69) is 43.5 Å². The molecule has 0 saturated heterocycles. The highest BCUT2D eigenvalue weighted by Crippen LogP contribution is 2.15. The zero-order valence-electron chi connectivity index (χ0n) is 36.4. The molecule has 2 unspecified atom stereocenters. The highest BCUT2D eigenvalue weighted by atomic mass is 16.5. The smallest absolute Gasteiger partial charge is 0.305 e. The molecule has 0 heterocycles. The van der Waals surface area contributed by atoms with Gasteiger partial charge in [0.15, 0.2) is 0 Å². The summed E-state index contributed by atoms with van der Waals surface area (Å²) in [7, 11) is 0. The second kappa shape index (κ2) is 44.8. The topological polar surface area (TPSA) is 95.9 Å². The lowest BCUT2D eigenvalue weighted by molar-refractivity contribution is -0.143. The van der Waals surface area contributed by atoms with Gasteiger partial charge in [-0.2, -0.15) is 0 Å². The van der Waals surface area contributed by atoms with Crippen LogP contribution in [0.1, 0.15) is 239 Å². The fraction of sp³-hybridized carbons (Fsp3) is 0.837. The summed E-state index contributed by atoms with van der Waals surface area (Å²) in [5.74, 6) is -0.130. The van der Waals surface area contributed by atoms with Crippen molar-refractivity contribution >= 4 is 11.9 Å². The van der Waals surface area contributed by atoms with E-state index in [0.29, 0.717) is 19.4 Å². The molecular weight excluding hydrogens is 683 g/mol. The molecule has 0 aliphatic carbocycles. The Hall–Kier alpha value is -1.92. The van der Waals surface area contributed by atoms with Gasteiger partial charge in [-0.25, -0.2) is 0 Å². The molecule has 6 nitrogen and oxygen atoms in total. The van der Waals surface area contributed by atoms with Crippen molar-refractivity contribution < 1.29 is 24.5 Å². The van der Waals surface area contributed by atoms with Crippen LogP contribution >= 0.6 is 0 Å². The first kappa shape index (κ1) is 53.1. The van der Waals surface area contributed by atoms with Gasteiger partial charge in [0.1, 0.15) is 0 Å². The van der Waals surface area contributed by atoms with E-state index in [4.69, 9.17) is 4.74 Å². The van der Waals surface area contributed by atoms with Gasteiger partial charge in [-0.3, -0.25) is 9.59 Å². The van der Waals surface area contributed by atoms with Crippen LogP contribution in [0.15, 0.2) is 36.5 Å². The van der Waals surface area contributed by atoms with E-state index >= 15 is 0 Å². The average Bonchev–Trinajstić information content (AvgIpc) is 3.18. The summed E-state index contributed by atoms with van der Waals surface area (Å²) in [6.07, 6.45) is 52.7. The Balaban J connectivity index is 3.55. The SMILES string of the molecule is CCC/C=C\C/C=C\CCCCCCCC(=O)OCCCCCCCCCCCCC(=O)NC(CO)C(O)/C=C/CCCCCCCCCCCCCCC. The zero-order valence-corrected chi connectivity index (χ0v) is 36.4. The largest absolute Gasteiger partial charge is 0.466 e. The Morgan fingerprint density at radius 3 is 1.45 bits per heavy atom. The molecule has 55 heavy (non-hydrogen) atoms. The number of allylic oxidation sites excluding steroid dienone is 5. The lowest BCUT2D eigenvalue weighted by Crippen LogP contribution is -2.45. The Bertz CT molecular complexity index is 900. The maximum atomic E-state index is 12.4. The number of esters is 1. The van der Waals surface area contributed by atoms with Crippen LogP contribution in [0.2, 0.25) is 0 Å². The Morgan fingerprint density at radius 1 is 0.509 bits per heavy atom. The molecule has 322 valence electrons. The molecule has 0 radical (unpaired) electrons. The van der Waals surface area contributed by atoms with Crippen molar-refractivity contribution in [3.63, 3.8) is 0 Å². The van der Waals surface area contributed by atoms with Gasteiger partial charge >= 0.3 is 5.97 Å². The first-order chi connectivity index (χ1) is 27.0. The predicted molar refractivity (Wildman–Crippen MR) is 236 cm³/mol. The van der Waals surface area contributed by atoms with Crippen LogP contribution in [0.4, 0.5) is 0 Å². The fourth-order valence-electron chi connectivity index (χ4n) is 6.96. The van der Waals surface area contributed by atoms with Gasteiger partial charge in [0.25, 0.3) is 0 Å². The van der Waals surface area contributed by atoms with E-state index in [1.807, 2.05) is 6.08 Å². The number of ether oxygens (including phenoxy) is 1. The van der Waals surface area contributed by atoms with Crippen molar-refractivity contribution in [2.24, 2.45) is 0 Å². The summed E-state index contributed by atoms with van der Waals surface area (Å²) in [5.41, 5.74) is 0. The van der Waals surface area contributed by atoms with Gasteiger partial charge in [0.2, 0.25) is 5.91 Å². The van der Waals surface area contributed by atoms with Gasteiger partial charge in [0.05, 0.1) is 25.4 Å². The van der Waals surface area contributed by atoms with E-state index < -0.39 is 12.1 Å². The second-order valence-corrected chi connectivity index (χ2v) is 16.1. The van der Waals surface area contributed by atoms with Crippen molar-refractivity contribution in [3.8, 4) is 0 Å². The standard InChI is InChI=1S/C49H91NO5/c1-3-5-7-9-11-13-15-17-18-20-21-25-29-33-37-41-47(52)46(45-51)50-48(53)42-38-34-30-26-23-24-28-32-36-40-44-55-49(54)43-39-35-31-27-22-19-16-14-12-10-8-6-4-2/h8,10,14,16,37,41,46-47,51-52H,3-7,9,11-13,15,17-36,38-40,42-45H2,1-2H3,(H,50,53)/b10-8-,16-14-,41-37+. The molecule has 0 aliphatic rings. The second-order valence-electron chi connectivity index (χ2n) is 16.1. The summed E-state index contributed by atoms with van der Waals surface area (Å²) < 4.78 is 5.43. The monoisotopic (exact) mass is 774 g/mol. The van der Waals surface area contributed by atoms with E-state index in [0.717, 1.165) is 70.6 Å². The first-order valence-corrected chi connectivity index (χ1v) is 23.8. The summed E-state index contributed by atoms with van der Waals surface area (Å²) in [4.78, 5) is 24.4. The van der Waals surface area contributed by atoms with Gasteiger partial charge in [0, 0.05) is 12.8 Å². The molecule has 0 aromatic carbocycles. The number of carbonyl (C=O) groups is 2. The van der Waals surface area contributed by atoms with Crippen molar-refractivity contribution in [1.29, 1.82) is 0 Å². The number of rotatable bonds is 43. The molecule has 0 rings (SSSR count).